The third-order valence-electron chi connectivity index (χ3n) is 2.95. The van der Waals surface area contributed by atoms with Crippen molar-refractivity contribution in [1.29, 1.82) is 0 Å². The number of hydrogen-bond acceptors (Lipinski definition) is 3. The topological polar surface area (TPSA) is 59.6 Å². The molecule has 22 heavy (non-hydrogen) atoms. The van der Waals surface area contributed by atoms with Crippen LogP contribution in [0.5, 0.6) is 11.5 Å². The van der Waals surface area contributed by atoms with Crippen LogP contribution in [0.1, 0.15) is 5.56 Å². The molecule has 5 nitrogen and oxygen atoms in total. The number of carbonyl (C=O) groups excluding carboxylic acids is 1. The molecule has 0 saturated heterocycles. The number of anilines is 1. The number of carbonyl (C=O) groups is 1. The van der Waals surface area contributed by atoms with Gasteiger partial charge in [-0.2, -0.15) is 0 Å². The van der Waals surface area contributed by atoms with Crippen LogP contribution in [0.3, 0.4) is 0 Å². The van der Waals surface area contributed by atoms with E-state index in [1.807, 2.05) is 36.4 Å². The standard InChI is InChI=1S/C17H18N2O3/c1-21-14-8-9-15(16(12-14)22-2)19-17(20)18-11-10-13-6-4-3-5-7-13/h3-12H,1-2H3,(H2,18,19,20)/b11-10+. The molecule has 2 rings (SSSR count). The lowest BCUT2D eigenvalue weighted by atomic mass is 10.2. The van der Waals surface area contributed by atoms with Crippen molar-refractivity contribution in [3.8, 4) is 11.5 Å². The minimum absolute atomic E-state index is 0.351. The van der Waals surface area contributed by atoms with Gasteiger partial charge >= 0.3 is 6.03 Å². The van der Waals surface area contributed by atoms with E-state index in [1.54, 1.807) is 31.5 Å². The second-order valence-electron chi connectivity index (χ2n) is 4.41. The number of benzene rings is 2. The number of ether oxygens (including phenoxy) is 2. The zero-order chi connectivity index (χ0) is 15.8. The number of amides is 2. The SMILES string of the molecule is COc1ccc(NC(=O)N/C=C/c2ccccc2)c(OC)c1. The van der Waals surface area contributed by atoms with Gasteiger partial charge in [0.15, 0.2) is 0 Å². The molecule has 2 aromatic rings. The van der Waals surface area contributed by atoms with Gasteiger partial charge in [0.2, 0.25) is 0 Å². The maximum atomic E-state index is 11.9. The lowest BCUT2D eigenvalue weighted by Gasteiger charge is -2.11. The quantitative estimate of drug-likeness (QED) is 0.888. The van der Waals surface area contributed by atoms with E-state index in [0.29, 0.717) is 17.2 Å². The minimum Gasteiger partial charge on any atom is -0.497 e. The van der Waals surface area contributed by atoms with Gasteiger partial charge in [0.05, 0.1) is 19.9 Å². The van der Waals surface area contributed by atoms with Crippen molar-refractivity contribution in [3.05, 3.63) is 60.3 Å². The molecule has 0 atom stereocenters. The summed E-state index contributed by atoms with van der Waals surface area (Å²) >= 11 is 0. The van der Waals surface area contributed by atoms with Crippen molar-refractivity contribution in [2.75, 3.05) is 19.5 Å². The van der Waals surface area contributed by atoms with Crippen molar-refractivity contribution < 1.29 is 14.3 Å². The van der Waals surface area contributed by atoms with E-state index in [0.717, 1.165) is 5.56 Å². The highest BCUT2D eigenvalue weighted by Gasteiger charge is 2.07. The fourth-order valence-electron chi connectivity index (χ4n) is 1.84. The third-order valence-corrected chi connectivity index (χ3v) is 2.95. The second kappa shape index (κ2) is 7.73. The molecule has 0 heterocycles. The summed E-state index contributed by atoms with van der Waals surface area (Å²) in [4.78, 5) is 11.9. The van der Waals surface area contributed by atoms with Gasteiger partial charge in [-0.3, -0.25) is 0 Å². The molecule has 0 saturated carbocycles. The molecule has 0 aliphatic carbocycles. The normalized spacial score (nSPS) is 10.3. The van der Waals surface area contributed by atoms with Crippen molar-refractivity contribution in [2.45, 2.75) is 0 Å². The van der Waals surface area contributed by atoms with Crippen LogP contribution in [0, 0.1) is 0 Å². The van der Waals surface area contributed by atoms with E-state index in [4.69, 9.17) is 9.47 Å². The Balaban J connectivity index is 1.96. The second-order valence-corrected chi connectivity index (χ2v) is 4.41. The van der Waals surface area contributed by atoms with Crippen LogP contribution in [0.25, 0.3) is 6.08 Å². The van der Waals surface area contributed by atoms with Crippen molar-refractivity contribution in [3.63, 3.8) is 0 Å². The number of methoxy groups -OCH3 is 2. The van der Waals surface area contributed by atoms with Gasteiger partial charge in [0.25, 0.3) is 0 Å². The molecule has 5 heteroatoms. The molecule has 114 valence electrons. The van der Waals surface area contributed by atoms with Gasteiger partial charge in [-0.1, -0.05) is 30.3 Å². The van der Waals surface area contributed by atoms with E-state index in [9.17, 15) is 4.79 Å². The highest BCUT2D eigenvalue weighted by Crippen LogP contribution is 2.28. The van der Waals surface area contributed by atoms with E-state index < -0.39 is 0 Å². The predicted octanol–water partition coefficient (Wildman–Crippen LogP) is 3.50. The summed E-state index contributed by atoms with van der Waals surface area (Å²) in [7, 11) is 3.11. The van der Waals surface area contributed by atoms with E-state index >= 15 is 0 Å². The fraction of sp³-hybridized carbons (Fsp3) is 0.118. The van der Waals surface area contributed by atoms with Crippen LogP contribution in [0.15, 0.2) is 54.7 Å². The van der Waals surface area contributed by atoms with Gasteiger partial charge in [0.1, 0.15) is 11.5 Å². The van der Waals surface area contributed by atoms with Crippen LogP contribution in [-0.2, 0) is 0 Å². The Kier molecular flexibility index (Phi) is 5.43. The molecular weight excluding hydrogens is 280 g/mol. The molecule has 2 amide bonds. The molecule has 0 spiro atoms. The molecule has 0 radical (unpaired) electrons. The summed E-state index contributed by atoms with van der Waals surface area (Å²) in [5.41, 5.74) is 1.57. The Labute approximate surface area is 129 Å². The summed E-state index contributed by atoms with van der Waals surface area (Å²) in [6, 6.07) is 14.5. The molecule has 0 unspecified atom stereocenters. The largest absolute Gasteiger partial charge is 0.497 e. The first-order valence-electron chi connectivity index (χ1n) is 6.74. The Morgan fingerprint density at radius 2 is 1.82 bits per heavy atom. The molecule has 0 aliphatic heterocycles. The predicted molar refractivity (Wildman–Crippen MR) is 87.2 cm³/mol. The monoisotopic (exact) mass is 298 g/mol. The fourth-order valence-corrected chi connectivity index (χ4v) is 1.84. The Hall–Kier alpha value is -2.95. The van der Waals surface area contributed by atoms with Gasteiger partial charge in [-0.05, 0) is 23.8 Å². The van der Waals surface area contributed by atoms with E-state index in [2.05, 4.69) is 10.6 Å². The number of urea groups is 1. The van der Waals surface area contributed by atoms with E-state index in [1.165, 1.54) is 7.11 Å². The zero-order valence-electron chi connectivity index (χ0n) is 12.5. The average molecular weight is 298 g/mol. The number of rotatable bonds is 5. The van der Waals surface area contributed by atoms with Crippen LogP contribution >= 0.6 is 0 Å². The van der Waals surface area contributed by atoms with Crippen LogP contribution < -0.4 is 20.1 Å². The molecule has 0 aromatic heterocycles. The minimum atomic E-state index is -0.351. The third kappa shape index (κ3) is 4.28. The zero-order valence-corrected chi connectivity index (χ0v) is 12.5. The first-order chi connectivity index (χ1) is 10.7. The van der Waals surface area contributed by atoms with Crippen molar-refractivity contribution >= 4 is 17.8 Å². The summed E-state index contributed by atoms with van der Waals surface area (Å²) in [6.07, 6.45) is 3.39. The Morgan fingerprint density at radius 3 is 2.50 bits per heavy atom. The highest BCUT2D eigenvalue weighted by atomic mass is 16.5. The first kappa shape index (κ1) is 15.4. The van der Waals surface area contributed by atoms with Gasteiger partial charge in [-0.25, -0.2) is 4.79 Å². The van der Waals surface area contributed by atoms with Gasteiger partial charge < -0.3 is 20.1 Å². The average Bonchev–Trinajstić information content (AvgIpc) is 2.56. The molecule has 0 fully saturated rings. The Bertz CT molecular complexity index is 654. The lowest BCUT2D eigenvalue weighted by Crippen LogP contribution is -2.24. The summed E-state index contributed by atoms with van der Waals surface area (Å²) < 4.78 is 10.3. The van der Waals surface area contributed by atoms with Gasteiger partial charge in [-0.15, -0.1) is 0 Å². The van der Waals surface area contributed by atoms with Gasteiger partial charge in [0, 0.05) is 12.3 Å². The van der Waals surface area contributed by atoms with E-state index in [-0.39, 0.29) is 6.03 Å². The molecule has 0 aliphatic rings. The maximum absolute atomic E-state index is 11.9. The van der Waals surface area contributed by atoms with Crippen molar-refractivity contribution in [1.82, 2.24) is 5.32 Å². The molecule has 2 N–H and O–H groups in total. The molecular formula is C17H18N2O3. The Morgan fingerprint density at radius 1 is 1.05 bits per heavy atom. The lowest BCUT2D eigenvalue weighted by molar-refractivity contribution is 0.255. The van der Waals surface area contributed by atoms with Crippen LogP contribution in [0.4, 0.5) is 10.5 Å². The molecule has 0 bridgehead atoms. The first-order valence-corrected chi connectivity index (χ1v) is 6.74. The summed E-state index contributed by atoms with van der Waals surface area (Å²) in [5, 5.41) is 5.36. The van der Waals surface area contributed by atoms with Crippen LogP contribution in [0.2, 0.25) is 0 Å². The summed E-state index contributed by atoms with van der Waals surface area (Å²) in [6.45, 7) is 0. The summed E-state index contributed by atoms with van der Waals surface area (Å²) in [5.74, 6) is 1.19. The number of nitrogens with one attached hydrogen (secondary N) is 2. The maximum Gasteiger partial charge on any atom is 0.323 e. The number of hydrogen-bond donors (Lipinski definition) is 2. The highest BCUT2D eigenvalue weighted by molar-refractivity contribution is 5.92. The van der Waals surface area contributed by atoms with Crippen molar-refractivity contribution in [2.24, 2.45) is 0 Å². The molecule has 2 aromatic carbocycles. The van der Waals surface area contributed by atoms with Crippen LogP contribution in [-0.4, -0.2) is 20.3 Å². The smallest absolute Gasteiger partial charge is 0.323 e.